The second-order valence-corrected chi connectivity index (χ2v) is 4.90. The van der Waals surface area contributed by atoms with E-state index in [2.05, 4.69) is 0 Å². The van der Waals surface area contributed by atoms with Crippen molar-refractivity contribution in [1.29, 1.82) is 0 Å². The molecule has 0 saturated heterocycles. The van der Waals surface area contributed by atoms with Gasteiger partial charge in [0.2, 0.25) is 0 Å². The molecule has 0 radical (unpaired) electrons. The van der Waals surface area contributed by atoms with Crippen LogP contribution in [0.2, 0.25) is 5.02 Å². The summed E-state index contributed by atoms with van der Waals surface area (Å²) in [4.78, 5) is 1.07. The number of halogens is 1. The zero-order valence-electron chi connectivity index (χ0n) is 7.98. The van der Waals surface area contributed by atoms with Gasteiger partial charge in [0.05, 0.1) is 6.61 Å². The molecule has 0 bridgehead atoms. The maximum Gasteiger partial charge on any atom is 0.0568 e. The highest BCUT2D eigenvalue weighted by Gasteiger charge is 2.13. The minimum Gasteiger partial charge on any atom is -0.395 e. The van der Waals surface area contributed by atoms with Crippen LogP contribution >= 0.6 is 23.4 Å². The van der Waals surface area contributed by atoms with Gasteiger partial charge in [-0.2, -0.15) is 0 Å². The molecule has 0 amide bonds. The lowest BCUT2D eigenvalue weighted by Gasteiger charge is -2.17. The van der Waals surface area contributed by atoms with Gasteiger partial charge < -0.3 is 10.8 Å². The molecule has 0 spiro atoms. The fourth-order valence-electron chi connectivity index (χ4n) is 0.999. The lowest BCUT2D eigenvalue weighted by atomic mass is 10.3. The van der Waals surface area contributed by atoms with Crippen LogP contribution in [0.25, 0.3) is 0 Å². The number of thioether (sulfide) groups is 1. The first-order chi connectivity index (χ1) is 6.63. The van der Waals surface area contributed by atoms with E-state index in [1.165, 1.54) is 0 Å². The Balaban J connectivity index is 2.63. The van der Waals surface area contributed by atoms with E-state index < -0.39 is 0 Å². The normalized spacial score (nSPS) is 15.1. The van der Waals surface area contributed by atoms with Crippen molar-refractivity contribution in [2.24, 2.45) is 5.73 Å². The molecule has 2 unspecified atom stereocenters. The monoisotopic (exact) mass is 231 g/mol. The third-order valence-electron chi connectivity index (χ3n) is 1.87. The maximum absolute atomic E-state index is 9.09. The van der Waals surface area contributed by atoms with E-state index in [1.54, 1.807) is 11.8 Å². The van der Waals surface area contributed by atoms with E-state index in [-0.39, 0.29) is 17.9 Å². The molecule has 78 valence electrons. The van der Waals surface area contributed by atoms with E-state index >= 15 is 0 Å². The number of nitrogens with two attached hydrogens (primary N) is 1. The average Bonchev–Trinajstić information content (AvgIpc) is 2.16. The highest BCUT2D eigenvalue weighted by atomic mass is 35.5. The molecular weight excluding hydrogens is 218 g/mol. The molecule has 1 aromatic carbocycles. The smallest absolute Gasteiger partial charge is 0.0568 e. The molecule has 2 nitrogen and oxygen atoms in total. The highest BCUT2D eigenvalue weighted by molar-refractivity contribution is 8.00. The Labute approximate surface area is 93.5 Å². The molecule has 1 aromatic rings. The van der Waals surface area contributed by atoms with Gasteiger partial charge in [0.25, 0.3) is 0 Å². The Kier molecular flexibility index (Phi) is 4.75. The molecule has 0 aliphatic carbocycles. The summed E-state index contributed by atoms with van der Waals surface area (Å²) in [7, 11) is 0. The van der Waals surface area contributed by atoms with Gasteiger partial charge >= 0.3 is 0 Å². The predicted molar refractivity (Wildman–Crippen MR) is 61.8 cm³/mol. The number of benzene rings is 1. The summed E-state index contributed by atoms with van der Waals surface area (Å²) in [5.41, 5.74) is 5.72. The van der Waals surface area contributed by atoms with Crippen molar-refractivity contribution in [3.8, 4) is 0 Å². The Morgan fingerprint density at radius 3 is 2.43 bits per heavy atom. The number of aliphatic hydroxyl groups excluding tert-OH is 1. The lowest BCUT2D eigenvalue weighted by Crippen LogP contribution is -2.31. The van der Waals surface area contributed by atoms with Crippen molar-refractivity contribution in [2.75, 3.05) is 6.61 Å². The van der Waals surface area contributed by atoms with Crippen molar-refractivity contribution in [3.05, 3.63) is 29.3 Å². The fraction of sp³-hybridized carbons (Fsp3) is 0.400. The van der Waals surface area contributed by atoms with E-state index in [1.807, 2.05) is 31.2 Å². The van der Waals surface area contributed by atoms with Crippen molar-refractivity contribution >= 4 is 23.4 Å². The molecule has 14 heavy (non-hydrogen) atoms. The van der Waals surface area contributed by atoms with Crippen molar-refractivity contribution in [2.45, 2.75) is 23.1 Å². The quantitative estimate of drug-likeness (QED) is 0.781. The minimum atomic E-state index is -0.0271. The van der Waals surface area contributed by atoms with Gasteiger partial charge in [0.15, 0.2) is 0 Å². The summed E-state index contributed by atoms with van der Waals surface area (Å²) in [6, 6.07) is 7.50. The van der Waals surface area contributed by atoms with Crippen molar-refractivity contribution < 1.29 is 5.11 Å². The first-order valence-corrected chi connectivity index (χ1v) is 5.68. The maximum atomic E-state index is 9.09. The van der Waals surface area contributed by atoms with Crippen LogP contribution in [0.4, 0.5) is 0 Å². The summed E-state index contributed by atoms with van der Waals surface area (Å²) in [5.74, 6) is 0. The van der Waals surface area contributed by atoms with Crippen LogP contribution in [-0.2, 0) is 0 Å². The number of hydrogen-bond acceptors (Lipinski definition) is 3. The number of rotatable bonds is 4. The lowest BCUT2D eigenvalue weighted by molar-refractivity contribution is 0.285. The van der Waals surface area contributed by atoms with Crippen molar-refractivity contribution in [3.63, 3.8) is 0 Å². The zero-order valence-corrected chi connectivity index (χ0v) is 9.55. The van der Waals surface area contributed by atoms with Gasteiger partial charge in [-0.15, -0.1) is 11.8 Å². The molecule has 0 aliphatic rings. The summed E-state index contributed by atoms with van der Waals surface area (Å²) < 4.78 is 0. The predicted octanol–water partition coefficient (Wildman–Crippen LogP) is 2.14. The van der Waals surface area contributed by atoms with Crippen LogP contribution in [-0.4, -0.2) is 23.0 Å². The average molecular weight is 232 g/mol. The third kappa shape index (κ3) is 3.50. The molecule has 2 atom stereocenters. The summed E-state index contributed by atoms with van der Waals surface area (Å²) in [5, 5.41) is 9.84. The summed E-state index contributed by atoms with van der Waals surface area (Å²) >= 11 is 7.33. The SMILES string of the molecule is CC(N)C(CO)Sc1ccc(Cl)cc1. The molecule has 4 heteroatoms. The Bertz CT molecular complexity index is 276. The minimum absolute atomic E-state index is 0.0271. The van der Waals surface area contributed by atoms with Crippen LogP contribution in [0.5, 0.6) is 0 Å². The molecule has 0 heterocycles. The topological polar surface area (TPSA) is 46.2 Å². The molecule has 0 saturated carbocycles. The summed E-state index contributed by atoms with van der Waals surface area (Å²) in [6.07, 6.45) is 0. The van der Waals surface area contributed by atoms with Gasteiger partial charge in [-0.05, 0) is 31.2 Å². The van der Waals surface area contributed by atoms with Crippen LogP contribution < -0.4 is 5.73 Å². The largest absolute Gasteiger partial charge is 0.395 e. The molecule has 0 aliphatic heterocycles. The van der Waals surface area contributed by atoms with Gasteiger partial charge in [-0.25, -0.2) is 0 Å². The molecule has 0 fully saturated rings. The van der Waals surface area contributed by atoms with Crippen LogP contribution in [0.15, 0.2) is 29.2 Å². The first kappa shape index (κ1) is 11.9. The Hall–Kier alpha value is -0.220. The van der Waals surface area contributed by atoms with E-state index in [0.717, 1.165) is 9.92 Å². The fourth-order valence-corrected chi connectivity index (χ4v) is 2.06. The van der Waals surface area contributed by atoms with Gasteiger partial charge in [0, 0.05) is 21.2 Å². The van der Waals surface area contributed by atoms with Crippen molar-refractivity contribution in [1.82, 2.24) is 0 Å². The highest BCUT2D eigenvalue weighted by Crippen LogP contribution is 2.25. The number of aliphatic hydroxyl groups is 1. The Morgan fingerprint density at radius 2 is 2.00 bits per heavy atom. The van der Waals surface area contributed by atoms with E-state index in [4.69, 9.17) is 22.4 Å². The number of hydrogen-bond donors (Lipinski definition) is 2. The Morgan fingerprint density at radius 1 is 1.43 bits per heavy atom. The second kappa shape index (κ2) is 5.61. The third-order valence-corrected chi connectivity index (χ3v) is 3.54. The van der Waals surface area contributed by atoms with Crippen LogP contribution in [0.1, 0.15) is 6.92 Å². The van der Waals surface area contributed by atoms with Crippen LogP contribution in [0, 0.1) is 0 Å². The summed E-state index contributed by atoms with van der Waals surface area (Å²) in [6.45, 7) is 1.98. The molecule has 1 rings (SSSR count). The van der Waals surface area contributed by atoms with Gasteiger partial charge in [-0.1, -0.05) is 11.6 Å². The molecule has 0 aromatic heterocycles. The van der Waals surface area contributed by atoms with E-state index in [0.29, 0.717) is 0 Å². The standard InChI is InChI=1S/C10H14ClNOS/c1-7(12)10(6-13)14-9-4-2-8(11)3-5-9/h2-5,7,10,13H,6,12H2,1H3. The zero-order chi connectivity index (χ0) is 10.6. The molecular formula is C10H14ClNOS. The van der Waals surface area contributed by atoms with Crippen LogP contribution in [0.3, 0.4) is 0 Å². The van der Waals surface area contributed by atoms with Gasteiger partial charge in [-0.3, -0.25) is 0 Å². The second-order valence-electron chi connectivity index (χ2n) is 3.15. The van der Waals surface area contributed by atoms with Gasteiger partial charge in [0.1, 0.15) is 0 Å². The first-order valence-electron chi connectivity index (χ1n) is 4.42. The van der Waals surface area contributed by atoms with E-state index in [9.17, 15) is 0 Å². The molecule has 3 N–H and O–H groups in total.